The van der Waals surface area contributed by atoms with E-state index in [0.717, 1.165) is 42.7 Å². The lowest BCUT2D eigenvalue weighted by Gasteiger charge is -2.38. The first-order chi connectivity index (χ1) is 13.6. The molecule has 0 spiro atoms. The minimum absolute atomic E-state index is 0.577. The van der Waals surface area contributed by atoms with Gasteiger partial charge in [0.25, 0.3) is 0 Å². The van der Waals surface area contributed by atoms with Crippen molar-refractivity contribution in [2.75, 3.05) is 0 Å². The summed E-state index contributed by atoms with van der Waals surface area (Å²) in [5.41, 5.74) is 0.577. The number of allylic oxidation sites excluding steroid dienone is 1. The molecule has 1 aromatic rings. The maximum absolute atomic E-state index is 13.4. The fraction of sp³-hybridized carbons (Fsp3) is 0.680. The van der Waals surface area contributed by atoms with Crippen molar-refractivity contribution in [3.8, 4) is 0 Å². The molecule has 0 saturated heterocycles. The zero-order chi connectivity index (χ0) is 19.9. The summed E-state index contributed by atoms with van der Waals surface area (Å²) in [5, 5.41) is 0. The van der Waals surface area contributed by atoms with Gasteiger partial charge in [0, 0.05) is 0 Å². The zero-order valence-corrected chi connectivity index (χ0v) is 17.1. The van der Waals surface area contributed by atoms with Crippen molar-refractivity contribution < 1.29 is 13.2 Å². The van der Waals surface area contributed by atoms with Gasteiger partial charge in [-0.05, 0) is 92.7 Å². The van der Waals surface area contributed by atoms with E-state index in [9.17, 15) is 13.2 Å². The number of hydrogen-bond acceptors (Lipinski definition) is 0. The summed E-state index contributed by atoms with van der Waals surface area (Å²) >= 11 is 0. The van der Waals surface area contributed by atoms with Gasteiger partial charge in [0.1, 0.15) is 0 Å². The van der Waals surface area contributed by atoms with Crippen LogP contribution < -0.4 is 0 Å². The van der Waals surface area contributed by atoms with Crippen LogP contribution in [0.25, 0.3) is 0 Å². The molecular formula is C25H35F3. The summed E-state index contributed by atoms with van der Waals surface area (Å²) in [7, 11) is 0. The van der Waals surface area contributed by atoms with E-state index in [1.807, 2.05) is 6.08 Å². The van der Waals surface area contributed by atoms with Gasteiger partial charge in [-0.2, -0.15) is 0 Å². The van der Waals surface area contributed by atoms with Gasteiger partial charge < -0.3 is 0 Å². The van der Waals surface area contributed by atoms with Crippen molar-refractivity contribution in [1.82, 2.24) is 0 Å². The van der Waals surface area contributed by atoms with E-state index in [0.29, 0.717) is 17.9 Å². The fourth-order valence-corrected chi connectivity index (χ4v) is 5.57. The molecule has 28 heavy (non-hydrogen) atoms. The number of aryl methyl sites for hydroxylation is 1. The summed E-state index contributed by atoms with van der Waals surface area (Å²) in [6.07, 6.45) is 18.2. The molecule has 3 heteroatoms. The molecule has 0 bridgehead atoms. The Morgan fingerprint density at radius 3 is 1.79 bits per heavy atom. The van der Waals surface area contributed by atoms with Crippen LogP contribution in [0.5, 0.6) is 0 Å². The standard InChI is InChI=1S/C25H35F3/c1-2-3-4-5-18-8-12-21(13-9-18)22-14-10-19(11-15-22)6-7-20-16-23(26)25(28)24(27)17-20/h2,16-19,21-22H,1,3-15H2. The highest BCUT2D eigenvalue weighted by molar-refractivity contribution is 5.19. The van der Waals surface area contributed by atoms with Gasteiger partial charge in [0.2, 0.25) is 0 Å². The molecule has 2 saturated carbocycles. The maximum atomic E-state index is 13.4. The van der Waals surface area contributed by atoms with Crippen LogP contribution in [0, 0.1) is 41.1 Å². The lowest BCUT2D eigenvalue weighted by Crippen LogP contribution is -2.26. The molecule has 2 fully saturated rings. The lowest BCUT2D eigenvalue weighted by molar-refractivity contribution is 0.141. The van der Waals surface area contributed by atoms with Gasteiger partial charge in [-0.15, -0.1) is 6.58 Å². The second-order valence-electron chi connectivity index (χ2n) is 9.19. The number of rotatable bonds is 8. The Labute approximate surface area is 168 Å². The third-order valence-electron chi connectivity index (χ3n) is 7.35. The van der Waals surface area contributed by atoms with Gasteiger partial charge in [-0.3, -0.25) is 0 Å². The molecule has 2 aliphatic rings. The quantitative estimate of drug-likeness (QED) is 0.239. The van der Waals surface area contributed by atoms with E-state index in [-0.39, 0.29) is 0 Å². The Morgan fingerprint density at radius 2 is 1.29 bits per heavy atom. The van der Waals surface area contributed by atoms with Crippen molar-refractivity contribution in [3.63, 3.8) is 0 Å². The first-order valence-corrected chi connectivity index (χ1v) is 11.3. The van der Waals surface area contributed by atoms with E-state index in [2.05, 4.69) is 6.58 Å². The normalized spacial score (nSPS) is 28.2. The van der Waals surface area contributed by atoms with Crippen LogP contribution in [0.3, 0.4) is 0 Å². The molecule has 0 heterocycles. The van der Waals surface area contributed by atoms with E-state index in [1.165, 1.54) is 64.2 Å². The Hall–Kier alpha value is -1.25. The number of hydrogen-bond donors (Lipinski definition) is 0. The van der Waals surface area contributed by atoms with Crippen molar-refractivity contribution in [1.29, 1.82) is 0 Å². The molecule has 0 unspecified atom stereocenters. The molecule has 0 radical (unpaired) electrons. The van der Waals surface area contributed by atoms with Crippen molar-refractivity contribution in [2.45, 2.75) is 83.5 Å². The average Bonchev–Trinajstić information content (AvgIpc) is 2.71. The summed E-state index contributed by atoms with van der Waals surface area (Å²) in [6.45, 7) is 3.82. The second-order valence-corrected chi connectivity index (χ2v) is 9.19. The van der Waals surface area contributed by atoms with E-state index < -0.39 is 17.5 Å². The Balaban J connectivity index is 1.36. The average molecular weight is 393 g/mol. The maximum Gasteiger partial charge on any atom is 0.194 e. The predicted octanol–water partition coefficient (Wildman–Crippen LogP) is 8.01. The van der Waals surface area contributed by atoms with Crippen molar-refractivity contribution in [2.24, 2.45) is 23.7 Å². The van der Waals surface area contributed by atoms with Gasteiger partial charge in [0.05, 0.1) is 0 Å². The van der Waals surface area contributed by atoms with Crippen LogP contribution in [-0.4, -0.2) is 0 Å². The van der Waals surface area contributed by atoms with E-state index in [4.69, 9.17) is 0 Å². The SMILES string of the molecule is C=CCCCC1CCC(C2CCC(CCc3cc(F)c(F)c(F)c3)CC2)CC1. The van der Waals surface area contributed by atoms with Gasteiger partial charge in [-0.25, -0.2) is 13.2 Å². The third-order valence-corrected chi connectivity index (χ3v) is 7.35. The largest absolute Gasteiger partial charge is 0.204 e. The molecule has 0 atom stereocenters. The highest BCUT2D eigenvalue weighted by atomic mass is 19.2. The molecule has 0 N–H and O–H groups in total. The second kappa shape index (κ2) is 10.5. The van der Waals surface area contributed by atoms with E-state index >= 15 is 0 Å². The minimum atomic E-state index is -1.36. The third kappa shape index (κ3) is 5.87. The van der Waals surface area contributed by atoms with Crippen LogP contribution in [0.1, 0.15) is 82.6 Å². The van der Waals surface area contributed by atoms with Gasteiger partial charge >= 0.3 is 0 Å². The topological polar surface area (TPSA) is 0 Å². The predicted molar refractivity (Wildman–Crippen MR) is 110 cm³/mol. The molecule has 0 nitrogen and oxygen atoms in total. The summed E-state index contributed by atoms with van der Waals surface area (Å²) in [6, 6.07) is 2.30. The Bertz CT molecular complexity index is 600. The Morgan fingerprint density at radius 1 is 0.786 bits per heavy atom. The molecule has 156 valence electrons. The molecule has 0 aliphatic heterocycles. The van der Waals surface area contributed by atoms with Crippen LogP contribution in [0.2, 0.25) is 0 Å². The lowest BCUT2D eigenvalue weighted by atomic mass is 9.68. The minimum Gasteiger partial charge on any atom is -0.204 e. The Kier molecular flexibility index (Phi) is 8.05. The first kappa shape index (κ1) is 21.5. The first-order valence-electron chi connectivity index (χ1n) is 11.3. The van der Waals surface area contributed by atoms with Crippen LogP contribution in [-0.2, 0) is 6.42 Å². The summed E-state index contributed by atoms with van der Waals surface area (Å²) in [5.74, 6) is -0.132. The number of unbranched alkanes of at least 4 members (excludes halogenated alkanes) is 1. The van der Waals surface area contributed by atoms with Gasteiger partial charge in [-0.1, -0.05) is 38.2 Å². The summed E-state index contributed by atoms with van der Waals surface area (Å²) in [4.78, 5) is 0. The number of benzene rings is 1. The summed E-state index contributed by atoms with van der Waals surface area (Å²) < 4.78 is 39.8. The highest BCUT2D eigenvalue weighted by Gasteiger charge is 2.30. The molecule has 0 aromatic heterocycles. The van der Waals surface area contributed by atoms with Crippen molar-refractivity contribution in [3.05, 3.63) is 47.8 Å². The van der Waals surface area contributed by atoms with Crippen LogP contribution in [0.4, 0.5) is 13.2 Å². The zero-order valence-electron chi connectivity index (χ0n) is 17.1. The highest BCUT2D eigenvalue weighted by Crippen LogP contribution is 2.43. The molecule has 3 rings (SSSR count). The van der Waals surface area contributed by atoms with E-state index in [1.54, 1.807) is 0 Å². The van der Waals surface area contributed by atoms with Crippen LogP contribution in [0.15, 0.2) is 24.8 Å². The van der Waals surface area contributed by atoms with Gasteiger partial charge in [0.15, 0.2) is 17.5 Å². The molecule has 0 amide bonds. The van der Waals surface area contributed by atoms with Crippen LogP contribution >= 0.6 is 0 Å². The molecule has 2 aliphatic carbocycles. The molecule has 1 aromatic carbocycles. The fourth-order valence-electron chi connectivity index (χ4n) is 5.57. The van der Waals surface area contributed by atoms with Crippen molar-refractivity contribution >= 4 is 0 Å². The smallest absolute Gasteiger partial charge is 0.194 e. The molecular weight excluding hydrogens is 357 g/mol. The monoisotopic (exact) mass is 392 g/mol. The number of halogens is 3.